The largest absolute Gasteiger partial charge is 0.349 e. The molecule has 0 N–H and O–H groups in total. The van der Waals surface area contributed by atoms with Gasteiger partial charge in [-0.2, -0.15) is 4.98 Å². The first-order valence-corrected chi connectivity index (χ1v) is 8.36. The molecule has 1 aromatic heterocycles. The van der Waals surface area contributed by atoms with Gasteiger partial charge in [0.05, 0.1) is 6.54 Å². The van der Waals surface area contributed by atoms with Gasteiger partial charge in [0.15, 0.2) is 0 Å². The number of nitrogens with zero attached hydrogens (tertiary/aromatic N) is 4. The van der Waals surface area contributed by atoms with Crippen LogP contribution in [0.4, 0.5) is 0 Å². The molecule has 0 aliphatic carbocycles. The number of aromatic nitrogens is 2. The zero-order chi connectivity index (χ0) is 17.1. The molecule has 6 heteroatoms. The highest BCUT2D eigenvalue weighted by molar-refractivity contribution is 5.78. The Hall–Kier alpha value is -2.21. The lowest BCUT2D eigenvalue weighted by molar-refractivity contribution is -0.134. The van der Waals surface area contributed by atoms with Crippen molar-refractivity contribution in [3.05, 3.63) is 35.7 Å². The fourth-order valence-corrected chi connectivity index (χ4v) is 3.15. The summed E-state index contributed by atoms with van der Waals surface area (Å²) in [6, 6.07) is 8.02. The van der Waals surface area contributed by atoms with E-state index in [1.54, 1.807) is 4.90 Å². The Morgan fingerprint density at radius 2 is 2.00 bits per heavy atom. The van der Waals surface area contributed by atoms with Gasteiger partial charge in [-0.1, -0.05) is 29.4 Å². The molecule has 0 unspecified atom stereocenters. The van der Waals surface area contributed by atoms with Crippen molar-refractivity contribution in [1.29, 1.82) is 0 Å². The van der Waals surface area contributed by atoms with E-state index in [1.807, 2.05) is 45.3 Å². The lowest BCUT2D eigenvalue weighted by Crippen LogP contribution is -2.39. The number of hydrogen-bond acceptors (Lipinski definition) is 5. The second-order valence-electron chi connectivity index (χ2n) is 6.61. The molecule has 0 saturated carbocycles. The lowest BCUT2D eigenvalue weighted by atomic mass is 9.95. The molecule has 1 saturated heterocycles. The molecule has 6 nitrogen and oxygen atoms in total. The highest BCUT2D eigenvalue weighted by atomic mass is 16.5. The molecular weight excluding hydrogens is 304 g/mol. The monoisotopic (exact) mass is 328 g/mol. The number of rotatable bonds is 4. The number of amides is 1. The van der Waals surface area contributed by atoms with Gasteiger partial charge >= 0.3 is 0 Å². The third kappa shape index (κ3) is 3.64. The van der Waals surface area contributed by atoms with E-state index in [4.69, 9.17) is 4.52 Å². The van der Waals surface area contributed by atoms with E-state index in [1.165, 1.54) is 0 Å². The number of aryl methyl sites for hydroxylation is 1. The van der Waals surface area contributed by atoms with Crippen LogP contribution in [-0.4, -0.2) is 53.0 Å². The van der Waals surface area contributed by atoms with Gasteiger partial charge in [-0.05, 0) is 38.4 Å². The van der Waals surface area contributed by atoms with E-state index in [0.717, 1.165) is 37.1 Å². The van der Waals surface area contributed by atoms with Gasteiger partial charge in [0.2, 0.25) is 17.6 Å². The summed E-state index contributed by atoms with van der Waals surface area (Å²) < 4.78 is 5.41. The summed E-state index contributed by atoms with van der Waals surface area (Å²) in [5.41, 5.74) is 2.13. The summed E-state index contributed by atoms with van der Waals surface area (Å²) in [4.78, 5) is 20.5. The normalized spacial score (nSPS) is 16.3. The zero-order valence-corrected chi connectivity index (χ0v) is 14.5. The summed E-state index contributed by atoms with van der Waals surface area (Å²) in [5, 5.41) is 4.11. The van der Waals surface area contributed by atoms with Crippen molar-refractivity contribution in [3.8, 4) is 11.4 Å². The van der Waals surface area contributed by atoms with Gasteiger partial charge in [-0.3, -0.25) is 9.69 Å². The third-order valence-electron chi connectivity index (χ3n) is 4.59. The minimum Gasteiger partial charge on any atom is -0.349 e. The summed E-state index contributed by atoms with van der Waals surface area (Å²) in [6.45, 7) is 4.44. The van der Waals surface area contributed by atoms with Crippen LogP contribution in [0.1, 0.15) is 24.3 Å². The van der Waals surface area contributed by atoms with Crippen LogP contribution in [-0.2, 0) is 11.3 Å². The van der Waals surface area contributed by atoms with Crippen LogP contribution in [0.3, 0.4) is 0 Å². The Labute approximate surface area is 142 Å². The molecule has 24 heavy (non-hydrogen) atoms. The van der Waals surface area contributed by atoms with E-state index in [0.29, 0.717) is 18.3 Å². The van der Waals surface area contributed by atoms with Crippen molar-refractivity contribution >= 4 is 5.91 Å². The minimum absolute atomic E-state index is 0.140. The summed E-state index contributed by atoms with van der Waals surface area (Å²) in [5.74, 6) is 1.64. The van der Waals surface area contributed by atoms with Crippen LogP contribution >= 0.6 is 0 Å². The number of likely N-dealkylation sites (tertiary alicyclic amines) is 1. The van der Waals surface area contributed by atoms with Crippen LogP contribution in [0.2, 0.25) is 0 Å². The predicted octanol–water partition coefficient (Wildman–Crippen LogP) is 2.35. The standard InChI is InChI=1S/C18H24N4O2/c1-13-6-4-5-7-15(13)17-19-16(24-20-17)12-22-10-8-14(9-11-22)18(23)21(2)3/h4-7,14H,8-12H2,1-3H3. The SMILES string of the molecule is Cc1ccccc1-c1noc(CN2CCC(C(=O)N(C)C)CC2)n1. The maximum Gasteiger partial charge on any atom is 0.241 e. The van der Waals surface area contributed by atoms with Crippen molar-refractivity contribution in [1.82, 2.24) is 19.9 Å². The Morgan fingerprint density at radius 3 is 2.67 bits per heavy atom. The number of hydrogen-bond donors (Lipinski definition) is 0. The molecule has 0 radical (unpaired) electrons. The number of carbonyl (C=O) groups is 1. The van der Waals surface area contributed by atoms with Crippen LogP contribution in [0, 0.1) is 12.8 Å². The van der Waals surface area contributed by atoms with Crippen LogP contribution < -0.4 is 0 Å². The van der Waals surface area contributed by atoms with Gasteiger partial charge in [-0.25, -0.2) is 0 Å². The Bertz CT molecular complexity index is 703. The number of benzene rings is 1. The number of carbonyl (C=O) groups excluding carboxylic acids is 1. The molecule has 1 fully saturated rings. The van der Waals surface area contributed by atoms with Gasteiger partial charge in [-0.15, -0.1) is 0 Å². The quantitative estimate of drug-likeness (QED) is 0.862. The van der Waals surface area contributed by atoms with Crippen molar-refractivity contribution in [2.24, 2.45) is 5.92 Å². The predicted molar refractivity (Wildman–Crippen MR) is 91.2 cm³/mol. The molecule has 1 aromatic carbocycles. The molecular formula is C18H24N4O2. The van der Waals surface area contributed by atoms with Crippen molar-refractivity contribution in [3.63, 3.8) is 0 Å². The first-order chi connectivity index (χ1) is 11.5. The average molecular weight is 328 g/mol. The van der Waals surface area contributed by atoms with Crippen molar-refractivity contribution < 1.29 is 9.32 Å². The Kier molecular flexibility index (Phi) is 4.94. The summed E-state index contributed by atoms with van der Waals surface area (Å²) in [6.07, 6.45) is 1.77. The van der Waals surface area contributed by atoms with Crippen molar-refractivity contribution in [2.45, 2.75) is 26.3 Å². The van der Waals surface area contributed by atoms with E-state index in [2.05, 4.69) is 15.0 Å². The summed E-state index contributed by atoms with van der Waals surface area (Å²) >= 11 is 0. The molecule has 2 aromatic rings. The van der Waals surface area contributed by atoms with E-state index < -0.39 is 0 Å². The van der Waals surface area contributed by atoms with Crippen LogP contribution in [0.15, 0.2) is 28.8 Å². The second kappa shape index (κ2) is 7.13. The molecule has 0 atom stereocenters. The van der Waals surface area contributed by atoms with E-state index >= 15 is 0 Å². The molecule has 128 valence electrons. The topological polar surface area (TPSA) is 62.5 Å². The molecule has 0 spiro atoms. The first kappa shape index (κ1) is 16.6. The smallest absolute Gasteiger partial charge is 0.241 e. The molecule has 2 heterocycles. The Balaban J connectivity index is 1.59. The average Bonchev–Trinajstić information content (AvgIpc) is 3.03. The molecule has 1 aliphatic heterocycles. The lowest BCUT2D eigenvalue weighted by Gasteiger charge is -2.31. The Morgan fingerprint density at radius 1 is 1.29 bits per heavy atom. The number of piperidine rings is 1. The maximum absolute atomic E-state index is 12.0. The first-order valence-electron chi connectivity index (χ1n) is 8.36. The highest BCUT2D eigenvalue weighted by Crippen LogP contribution is 2.22. The molecule has 0 bridgehead atoms. The fourth-order valence-electron chi connectivity index (χ4n) is 3.15. The van der Waals surface area contributed by atoms with E-state index in [-0.39, 0.29) is 11.8 Å². The highest BCUT2D eigenvalue weighted by Gasteiger charge is 2.26. The molecule has 1 amide bonds. The summed E-state index contributed by atoms with van der Waals surface area (Å²) in [7, 11) is 3.64. The second-order valence-corrected chi connectivity index (χ2v) is 6.61. The molecule has 3 rings (SSSR count). The zero-order valence-electron chi connectivity index (χ0n) is 14.5. The van der Waals surface area contributed by atoms with Crippen molar-refractivity contribution in [2.75, 3.05) is 27.2 Å². The van der Waals surface area contributed by atoms with Gasteiger partial charge in [0.25, 0.3) is 0 Å². The van der Waals surface area contributed by atoms with Gasteiger partial charge in [0, 0.05) is 25.6 Å². The van der Waals surface area contributed by atoms with Crippen LogP contribution in [0.25, 0.3) is 11.4 Å². The molecule has 1 aliphatic rings. The van der Waals surface area contributed by atoms with Gasteiger partial charge in [0.1, 0.15) is 0 Å². The maximum atomic E-state index is 12.0. The fraction of sp³-hybridized carbons (Fsp3) is 0.500. The van der Waals surface area contributed by atoms with Gasteiger partial charge < -0.3 is 9.42 Å². The minimum atomic E-state index is 0.140. The van der Waals surface area contributed by atoms with E-state index in [9.17, 15) is 4.79 Å². The third-order valence-corrected chi connectivity index (χ3v) is 4.59. The van der Waals surface area contributed by atoms with Crippen LogP contribution in [0.5, 0.6) is 0 Å².